The number of aliphatic carboxylic acids is 1. The Morgan fingerprint density at radius 3 is 2.76 bits per heavy atom. The van der Waals surface area contributed by atoms with Crippen LogP contribution in [0.4, 0.5) is 0 Å². The Hall–Kier alpha value is -1.03. The molecule has 92 valence electrons. The molecule has 4 heteroatoms. The molecule has 3 nitrogen and oxygen atoms in total. The molecule has 1 aromatic rings. The molecular formula is C13H15BrO3. The van der Waals surface area contributed by atoms with Gasteiger partial charge in [-0.1, -0.05) is 6.07 Å². The summed E-state index contributed by atoms with van der Waals surface area (Å²) >= 11 is 3.44. The highest BCUT2D eigenvalue weighted by molar-refractivity contribution is 9.10. The first-order valence-electron chi connectivity index (χ1n) is 5.67. The Bertz CT molecular complexity index is 431. The number of halogens is 1. The number of carbonyl (C=O) groups is 1. The Kier molecular flexibility index (Phi) is 3.72. The maximum Gasteiger partial charge on any atom is 0.306 e. The zero-order chi connectivity index (χ0) is 12.4. The van der Waals surface area contributed by atoms with Gasteiger partial charge in [0.1, 0.15) is 5.75 Å². The summed E-state index contributed by atoms with van der Waals surface area (Å²) in [5, 5.41) is 8.99. The van der Waals surface area contributed by atoms with E-state index in [-0.39, 0.29) is 11.8 Å². The molecule has 0 saturated heterocycles. The summed E-state index contributed by atoms with van der Waals surface area (Å²) in [5.41, 5.74) is 1.16. The zero-order valence-corrected chi connectivity index (χ0v) is 11.2. The number of carboxylic acid groups (broad SMARTS) is 1. The lowest BCUT2D eigenvalue weighted by Gasteiger charge is -2.33. The third kappa shape index (κ3) is 2.63. The maximum absolute atomic E-state index is 10.9. The SMILES string of the molecule is COc1ccc(CC2CCC2C(=O)O)cc1Br. The van der Waals surface area contributed by atoms with Crippen molar-refractivity contribution in [3.05, 3.63) is 28.2 Å². The highest BCUT2D eigenvalue weighted by Crippen LogP contribution is 2.37. The molecule has 0 radical (unpaired) electrons. The quantitative estimate of drug-likeness (QED) is 0.929. The summed E-state index contributed by atoms with van der Waals surface area (Å²) in [6.07, 6.45) is 2.66. The first-order chi connectivity index (χ1) is 8.11. The van der Waals surface area contributed by atoms with Crippen LogP contribution in [0.25, 0.3) is 0 Å². The molecule has 1 fully saturated rings. The minimum atomic E-state index is -0.658. The molecule has 1 saturated carbocycles. The third-order valence-corrected chi connectivity index (χ3v) is 4.07. The fraction of sp³-hybridized carbons (Fsp3) is 0.462. The molecule has 17 heavy (non-hydrogen) atoms. The van der Waals surface area contributed by atoms with E-state index in [1.807, 2.05) is 18.2 Å². The predicted octanol–water partition coefficient (Wildman–Crippen LogP) is 3.11. The average Bonchev–Trinajstić information content (AvgIpc) is 2.24. The van der Waals surface area contributed by atoms with E-state index >= 15 is 0 Å². The van der Waals surface area contributed by atoms with Crippen LogP contribution in [0.1, 0.15) is 18.4 Å². The van der Waals surface area contributed by atoms with Gasteiger partial charge in [0.25, 0.3) is 0 Å². The number of hydrogen-bond donors (Lipinski definition) is 1. The molecule has 2 atom stereocenters. The van der Waals surface area contributed by atoms with E-state index in [4.69, 9.17) is 9.84 Å². The van der Waals surface area contributed by atoms with Crippen LogP contribution >= 0.6 is 15.9 Å². The van der Waals surface area contributed by atoms with Gasteiger partial charge in [0, 0.05) is 0 Å². The lowest BCUT2D eigenvalue weighted by atomic mass is 9.71. The predicted molar refractivity (Wildman–Crippen MR) is 68.2 cm³/mol. The van der Waals surface area contributed by atoms with E-state index < -0.39 is 5.97 Å². The van der Waals surface area contributed by atoms with Gasteiger partial charge in [-0.05, 0) is 58.8 Å². The average molecular weight is 299 g/mol. The standard InChI is InChI=1S/C13H15BrO3/c1-17-12-5-2-8(7-11(12)14)6-9-3-4-10(9)13(15)16/h2,5,7,9-10H,3-4,6H2,1H3,(H,15,16). The van der Waals surface area contributed by atoms with Gasteiger partial charge in [-0.2, -0.15) is 0 Å². The van der Waals surface area contributed by atoms with Gasteiger partial charge in [0.15, 0.2) is 0 Å². The first kappa shape index (κ1) is 12.4. The summed E-state index contributed by atoms with van der Waals surface area (Å²) in [7, 11) is 1.63. The largest absolute Gasteiger partial charge is 0.496 e. The maximum atomic E-state index is 10.9. The van der Waals surface area contributed by atoms with Crippen LogP contribution in [0.15, 0.2) is 22.7 Å². The van der Waals surface area contributed by atoms with Crippen LogP contribution in [0, 0.1) is 11.8 Å². The normalized spacial score (nSPS) is 22.9. The number of rotatable bonds is 4. The molecular weight excluding hydrogens is 284 g/mol. The number of ether oxygens (including phenoxy) is 1. The topological polar surface area (TPSA) is 46.5 Å². The monoisotopic (exact) mass is 298 g/mol. The van der Waals surface area contributed by atoms with Crippen molar-refractivity contribution in [3.8, 4) is 5.75 Å². The van der Waals surface area contributed by atoms with Crippen LogP contribution in [-0.4, -0.2) is 18.2 Å². The van der Waals surface area contributed by atoms with Crippen molar-refractivity contribution in [2.24, 2.45) is 11.8 Å². The van der Waals surface area contributed by atoms with E-state index in [2.05, 4.69) is 15.9 Å². The van der Waals surface area contributed by atoms with E-state index in [0.717, 1.165) is 35.0 Å². The Labute approximate surface area is 109 Å². The van der Waals surface area contributed by atoms with Crippen molar-refractivity contribution >= 4 is 21.9 Å². The van der Waals surface area contributed by atoms with Crippen molar-refractivity contribution in [2.75, 3.05) is 7.11 Å². The van der Waals surface area contributed by atoms with Gasteiger partial charge in [-0.3, -0.25) is 4.79 Å². The molecule has 0 spiro atoms. The van der Waals surface area contributed by atoms with E-state index in [1.165, 1.54) is 0 Å². The second kappa shape index (κ2) is 5.08. The smallest absolute Gasteiger partial charge is 0.306 e. The summed E-state index contributed by atoms with van der Waals surface area (Å²) in [4.78, 5) is 10.9. The van der Waals surface area contributed by atoms with Crippen LogP contribution in [0.2, 0.25) is 0 Å². The van der Waals surface area contributed by atoms with E-state index in [0.29, 0.717) is 0 Å². The summed E-state index contributed by atoms with van der Waals surface area (Å²) in [6.45, 7) is 0. The Balaban J connectivity index is 2.04. The van der Waals surface area contributed by atoms with Crippen molar-refractivity contribution in [2.45, 2.75) is 19.3 Å². The Morgan fingerprint density at radius 2 is 2.29 bits per heavy atom. The minimum absolute atomic E-state index is 0.157. The second-order valence-electron chi connectivity index (χ2n) is 4.46. The van der Waals surface area contributed by atoms with Gasteiger partial charge < -0.3 is 9.84 Å². The lowest BCUT2D eigenvalue weighted by Crippen LogP contribution is -2.34. The number of benzene rings is 1. The highest BCUT2D eigenvalue weighted by Gasteiger charge is 2.36. The fourth-order valence-corrected chi connectivity index (χ4v) is 2.87. The van der Waals surface area contributed by atoms with Gasteiger partial charge in [0.05, 0.1) is 17.5 Å². The highest BCUT2D eigenvalue weighted by atomic mass is 79.9. The number of methoxy groups -OCH3 is 1. The zero-order valence-electron chi connectivity index (χ0n) is 9.65. The molecule has 0 aromatic heterocycles. The van der Waals surface area contributed by atoms with Crippen molar-refractivity contribution in [3.63, 3.8) is 0 Å². The number of hydrogen-bond acceptors (Lipinski definition) is 2. The van der Waals surface area contributed by atoms with Crippen LogP contribution < -0.4 is 4.74 Å². The van der Waals surface area contributed by atoms with Gasteiger partial charge in [-0.25, -0.2) is 0 Å². The molecule has 0 bridgehead atoms. The van der Waals surface area contributed by atoms with Crippen LogP contribution in [0.3, 0.4) is 0 Å². The molecule has 2 rings (SSSR count). The van der Waals surface area contributed by atoms with Crippen molar-refractivity contribution < 1.29 is 14.6 Å². The van der Waals surface area contributed by atoms with E-state index in [1.54, 1.807) is 7.11 Å². The lowest BCUT2D eigenvalue weighted by molar-refractivity contribution is -0.147. The molecule has 1 aliphatic carbocycles. The van der Waals surface area contributed by atoms with Crippen LogP contribution in [-0.2, 0) is 11.2 Å². The second-order valence-corrected chi connectivity index (χ2v) is 5.31. The van der Waals surface area contributed by atoms with Crippen molar-refractivity contribution in [1.82, 2.24) is 0 Å². The molecule has 1 aromatic carbocycles. The minimum Gasteiger partial charge on any atom is -0.496 e. The summed E-state index contributed by atoms with van der Waals surface area (Å²) < 4.78 is 6.08. The fourth-order valence-electron chi connectivity index (χ4n) is 2.28. The number of carboxylic acids is 1. The van der Waals surface area contributed by atoms with Gasteiger partial charge in [0.2, 0.25) is 0 Å². The molecule has 0 heterocycles. The van der Waals surface area contributed by atoms with Crippen LogP contribution in [0.5, 0.6) is 5.75 Å². The molecule has 0 aliphatic heterocycles. The Morgan fingerprint density at radius 1 is 1.53 bits per heavy atom. The molecule has 2 unspecified atom stereocenters. The van der Waals surface area contributed by atoms with E-state index in [9.17, 15) is 4.79 Å². The summed E-state index contributed by atoms with van der Waals surface area (Å²) in [6, 6.07) is 5.92. The van der Waals surface area contributed by atoms with Gasteiger partial charge in [-0.15, -0.1) is 0 Å². The third-order valence-electron chi connectivity index (χ3n) is 3.45. The molecule has 1 aliphatic rings. The molecule has 1 N–H and O–H groups in total. The van der Waals surface area contributed by atoms with Crippen molar-refractivity contribution in [1.29, 1.82) is 0 Å². The van der Waals surface area contributed by atoms with Gasteiger partial charge >= 0.3 is 5.97 Å². The first-order valence-corrected chi connectivity index (χ1v) is 6.46. The molecule has 0 amide bonds. The summed E-state index contributed by atoms with van der Waals surface area (Å²) in [5.74, 6) is 0.273.